The van der Waals surface area contributed by atoms with Crippen molar-refractivity contribution in [1.82, 2.24) is 0 Å². The lowest BCUT2D eigenvalue weighted by Gasteiger charge is -2.06. The van der Waals surface area contributed by atoms with Gasteiger partial charge >= 0.3 is 0 Å². The third kappa shape index (κ3) is 2.57. The van der Waals surface area contributed by atoms with Crippen molar-refractivity contribution in [1.29, 1.82) is 5.41 Å². The maximum Gasteiger partial charge on any atom is 0.232 e. The molecule has 0 saturated heterocycles. The van der Waals surface area contributed by atoms with E-state index < -0.39 is 0 Å². The van der Waals surface area contributed by atoms with E-state index in [0.29, 0.717) is 16.6 Å². The van der Waals surface area contributed by atoms with Crippen LogP contribution >= 0.6 is 12.4 Å². The molecule has 18 heavy (non-hydrogen) atoms. The molecular weight excluding hydrogens is 252 g/mol. The van der Waals surface area contributed by atoms with Gasteiger partial charge in [0, 0.05) is 10.8 Å². The number of nitrogens with two attached hydrogens (primary N) is 1. The Kier molecular flexibility index (Phi) is 4.23. The Morgan fingerprint density at radius 3 is 2.50 bits per heavy atom. The van der Waals surface area contributed by atoms with Crippen LogP contribution in [0, 0.1) is 12.3 Å². The van der Waals surface area contributed by atoms with E-state index in [9.17, 15) is 5.11 Å². The Morgan fingerprint density at radius 1 is 1.28 bits per heavy atom. The lowest BCUT2D eigenvalue weighted by Crippen LogP contribution is -2.03. The molecule has 4 N–H and O–H groups in total. The molecule has 2 aromatic rings. The molecule has 2 aromatic carbocycles. The van der Waals surface area contributed by atoms with E-state index in [4.69, 9.17) is 11.1 Å². The predicted molar refractivity (Wildman–Crippen MR) is 74.0 cm³/mol. The number of hydrogen-bond donors (Lipinski definition) is 3. The highest BCUT2D eigenvalue weighted by atomic mass is 35.5. The van der Waals surface area contributed by atoms with Crippen molar-refractivity contribution >= 4 is 34.8 Å². The maximum absolute atomic E-state index is 9.92. The summed E-state index contributed by atoms with van der Waals surface area (Å²) in [5.74, 6) is -0.109. The number of hydrogen-bond acceptors (Lipinski definition) is 3. The molecule has 0 aliphatic rings. The highest BCUT2D eigenvalue weighted by Crippen LogP contribution is 2.35. The molecule has 0 aliphatic carbocycles. The fraction of sp³-hybridized carbons (Fsp3) is 0.0833. The number of aromatic hydroxyl groups is 1. The van der Waals surface area contributed by atoms with Gasteiger partial charge in [0.05, 0.1) is 5.69 Å². The van der Waals surface area contributed by atoms with Crippen molar-refractivity contribution in [2.45, 2.75) is 6.92 Å². The summed E-state index contributed by atoms with van der Waals surface area (Å²) in [5.41, 5.74) is 6.42. The standard InChI is InChI=1S/C12H12N4O.ClH/c1-7-6-10(15-16-12(13)14)8-4-2-3-5-9(8)11(7)17;/h2-6,17H,1H3,(H3,13,14);1H. The molecule has 0 bridgehead atoms. The van der Waals surface area contributed by atoms with Crippen molar-refractivity contribution < 1.29 is 5.11 Å². The van der Waals surface area contributed by atoms with Gasteiger partial charge in [-0.15, -0.1) is 22.6 Å². The summed E-state index contributed by atoms with van der Waals surface area (Å²) < 4.78 is 0. The predicted octanol–water partition coefficient (Wildman–Crippen LogP) is 3.25. The number of phenols is 1. The van der Waals surface area contributed by atoms with Crippen LogP contribution in [0.3, 0.4) is 0 Å². The smallest absolute Gasteiger partial charge is 0.232 e. The van der Waals surface area contributed by atoms with Crippen molar-refractivity contribution in [2.75, 3.05) is 0 Å². The van der Waals surface area contributed by atoms with Crippen LogP contribution < -0.4 is 5.73 Å². The molecule has 0 radical (unpaired) electrons. The van der Waals surface area contributed by atoms with E-state index in [1.54, 1.807) is 13.0 Å². The number of guanidine groups is 1. The summed E-state index contributed by atoms with van der Waals surface area (Å²) in [4.78, 5) is 0. The summed E-state index contributed by atoms with van der Waals surface area (Å²) in [5, 5.41) is 25.8. The zero-order valence-electron chi connectivity index (χ0n) is 9.71. The van der Waals surface area contributed by atoms with Gasteiger partial charge < -0.3 is 10.8 Å². The molecule has 5 nitrogen and oxygen atoms in total. The van der Waals surface area contributed by atoms with Crippen LogP contribution in [0.5, 0.6) is 5.75 Å². The first-order valence-electron chi connectivity index (χ1n) is 5.06. The summed E-state index contributed by atoms with van der Waals surface area (Å²) in [6, 6.07) is 9.05. The third-order valence-corrected chi connectivity index (χ3v) is 2.45. The van der Waals surface area contributed by atoms with Crippen LogP contribution in [0.4, 0.5) is 5.69 Å². The van der Waals surface area contributed by atoms with Gasteiger partial charge in [-0.3, -0.25) is 5.41 Å². The minimum absolute atomic E-state index is 0. The second-order valence-electron chi connectivity index (χ2n) is 3.69. The number of rotatable bonds is 1. The largest absolute Gasteiger partial charge is 0.507 e. The molecule has 0 fully saturated rings. The first kappa shape index (κ1) is 13.9. The fourth-order valence-electron chi connectivity index (χ4n) is 1.67. The summed E-state index contributed by atoms with van der Waals surface area (Å²) >= 11 is 0. The maximum atomic E-state index is 9.92. The van der Waals surface area contributed by atoms with E-state index in [2.05, 4.69) is 10.2 Å². The van der Waals surface area contributed by atoms with Gasteiger partial charge in [-0.25, -0.2) is 0 Å². The van der Waals surface area contributed by atoms with Gasteiger partial charge in [-0.1, -0.05) is 24.3 Å². The van der Waals surface area contributed by atoms with E-state index >= 15 is 0 Å². The number of phenolic OH excluding ortho intramolecular Hbond substituents is 1. The van der Waals surface area contributed by atoms with Crippen molar-refractivity contribution in [3.8, 4) is 5.75 Å². The number of fused-ring (bicyclic) bond motifs is 1. The van der Waals surface area contributed by atoms with Crippen LogP contribution in [-0.4, -0.2) is 11.1 Å². The molecule has 0 atom stereocenters. The Balaban J connectivity index is 0.00000162. The molecule has 0 unspecified atom stereocenters. The Hall–Kier alpha value is -2.14. The molecule has 6 heteroatoms. The lowest BCUT2D eigenvalue weighted by molar-refractivity contribution is 0.477. The zero-order chi connectivity index (χ0) is 12.4. The first-order valence-corrected chi connectivity index (χ1v) is 5.06. The molecule has 0 aromatic heterocycles. The SMILES string of the molecule is Cc1cc(N=NC(=N)N)c2ccccc2c1O.Cl. The van der Waals surface area contributed by atoms with Gasteiger partial charge in [0.15, 0.2) is 0 Å². The van der Waals surface area contributed by atoms with E-state index in [0.717, 1.165) is 5.39 Å². The highest BCUT2D eigenvalue weighted by molar-refractivity contribution is 5.97. The van der Waals surface area contributed by atoms with Gasteiger partial charge in [0.25, 0.3) is 0 Å². The lowest BCUT2D eigenvalue weighted by atomic mass is 10.0. The van der Waals surface area contributed by atoms with Crippen LogP contribution in [-0.2, 0) is 0 Å². The topological polar surface area (TPSA) is 94.8 Å². The zero-order valence-corrected chi connectivity index (χ0v) is 10.5. The Bertz CT molecular complexity index is 625. The number of nitrogens with one attached hydrogen (secondary N) is 1. The number of halogens is 1. The molecule has 0 saturated carbocycles. The number of nitrogens with zero attached hydrogens (tertiary/aromatic N) is 2. The summed E-state index contributed by atoms with van der Waals surface area (Å²) in [7, 11) is 0. The summed E-state index contributed by atoms with van der Waals surface area (Å²) in [6.07, 6.45) is 0. The van der Waals surface area contributed by atoms with Crippen molar-refractivity contribution in [2.24, 2.45) is 16.0 Å². The Morgan fingerprint density at radius 2 is 1.89 bits per heavy atom. The second-order valence-corrected chi connectivity index (χ2v) is 3.69. The van der Waals surface area contributed by atoms with Crippen LogP contribution in [0.15, 0.2) is 40.6 Å². The van der Waals surface area contributed by atoms with Gasteiger partial charge in [0.1, 0.15) is 5.75 Å². The molecule has 0 amide bonds. The minimum Gasteiger partial charge on any atom is -0.507 e. The van der Waals surface area contributed by atoms with Gasteiger partial charge in [-0.05, 0) is 18.6 Å². The molecule has 94 valence electrons. The van der Waals surface area contributed by atoms with Crippen LogP contribution in [0.25, 0.3) is 10.8 Å². The number of azo groups is 1. The third-order valence-electron chi connectivity index (χ3n) is 2.45. The monoisotopic (exact) mass is 264 g/mol. The van der Waals surface area contributed by atoms with Crippen molar-refractivity contribution in [3.05, 3.63) is 35.9 Å². The van der Waals surface area contributed by atoms with Crippen LogP contribution in [0.2, 0.25) is 0 Å². The van der Waals surface area contributed by atoms with Gasteiger partial charge in [0.2, 0.25) is 5.96 Å². The fourth-order valence-corrected chi connectivity index (χ4v) is 1.67. The molecule has 2 rings (SSSR count). The first-order chi connectivity index (χ1) is 8.09. The quantitative estimate of drug-likeness (QED) is 0.419. The van der Waals surface area contributed by atoms with Crippen molar-refractivity contribution in [3.63, 3.8) is 0 Å². The summed E-state index contributed by atoms with van der Waals surface area (Å²) in [6.45, 7) is 1.79. The highest BCUT2D eigenvalue weighted by Gasteiger charge is 2.07. The Labute approximate surface area is 110 Å². The second kappa shape index (κ2) is 5.46. The minimum atomic E-state index is -0.347. The number of benzene rings is 2. The van der Waals surface area contributed by atoms with Gasteiger partial charge in [-0.2, -0.15) is 0 Å². The molecule has 0 aliphatic heterocycles. The average Bonchev–Trinajstić information content (AvgIpc) is 2.32. The normalized spacial score (nSPS) is 10.5. The average molecular weight is 265 g/mol. The van der Waals surface area contributed by atoms with E-state index in [1.165, 1.54) is 0 Å². The molecule has 0 heterocycles. The van der Waals surface area contributed by atoms with E-state index in [1.807, 2.05) is 24.3 Å². The number of aryl methyl sites for hydroxylation is 1. The van der Waals surface area contributed by atoms with E-state index in [-0.39, 0.29) is 24.1 Å². The van der Waals surface area contributed by atoms with Crippen LogP contribution in [0.1, 0.15) is 5.56 Å². The molecule has 0 spiro atoms. The molecular formula is C12H13ClN4O.